The van der Waals surface area contributed by atoms with Gasteiger partial charge < -0.3 is 0 Å². The summed E-state index contributed by atoms with van der Waals surface area (Å²) in [6.07, 6.45) is 0. The van der Waals surface area contributed by atoms with Crippen molar-refractivity contribution in [3.63, 3.8) is 0 Å². The summed E-state index contributed by atoms with van der Waals surface area (Å²) in [5.41, 5.74) is 5.98. The molecule has 0 radical (unpaired) electrons. The highest BCUT2D eigenvalue weighted by atomic mass is 29.2. The molecule has 0 aromatic heterocycles. The smallest absolute Gasteiger partial charge is 0.0802 e. The molecule has 0 N–H and O–H groups in total. The van der Waals surface area contributed by atoms with Crippen LogP contribution in [-0.4, -0.2) is 21.2 Å². The Bertz CT molecular complexity index is 409. The molecule has 1 aliphatic rings. The van der Waals surface area contributed by atoms with E-state index in [0.717, 1.165) is 0 Å². The van der Waals surface area contributed by atoms with Crippen molar-refractivity contribution in [2.45, 2.75) is 97.3 Å². The maximum atomic E-state index is 2.73. The second kappa shape index (κ2) is 5.05. The zero-order valence-corrected chi connectivity index (χ0v) is 17.8. The SMILES string of the molecule is CC1=C(C)C[Si]([Si](C(C)(C)C)(C(C)(C)C)C(C)(C)C)=C1. The number of rotatable bonds is 1. The van der Waals surface area contributed by atoms with Gasteiger partial charge in [-0.25, -0.2) is 0 Å². The van der Waals surface area contributed by atoms with Crippen LogP contribution in [0.3, 0.4) is 0 Å². The van der Waals surface area contributed by atoms with E-state index in [1.165, 1.54) is 6.04 Å². The van der Waals surface area contributed by atoms with Crippen molar-refractivity contribution >= 4 is 21.2 Å². The van der Waals surface area contributed by atoms with Crippen LogP contribution >= 0.6 is 0 Å². The molecule has 20 heavy (non-hydrogen) atoms. The molecule has 116 valence electrons. The van der Waals surface area contributed by atoms with Gasteiger partial charge in [-0.2, -0.15) is 0 Å². The fourth-order valence-electron chi connectivity index (χ4n) is 5.92. The van der Waals surface area contributed by atoms with Crippen molar-refractivity contribution in [1.82, 2.24) is 0 Å². The Morgan fingerprint density at radius 3 is 1.35 bits per heavy atom. The summed E-state index contributed by atoms with van der Waals surface area (Å²) in [7, 11) is -1.99. The van der Waals surface area contributed by atoms with Crippen LogP contribution in [0.25, 0.3) is 0 Å². The Kier molecular flexibility index (Phi) is 4.57. The van der Waals surface area contributed by atoms with E-state index in [1.807, 2.05) is 0 Å². The molecule has 0 fully saturated rings. The molecule has 2 heteroatoms. The molecule has 0 nitrogen and oxygen atoms in total. The first-order chi connectivity index (χ1) is 8.66. The van der Waals surface area contributed by atoms with Crippen LogP contribution in [0.1, 0.15) is 76.2 Å². The highest BCUT2D eigenvalue weighted by Crippen LogP contribution is 2.62. The van der Waals surface area contributed by atoms with Gasteiger partial charge in [-0.05, 0) is 35.0 Å². The molecule has 0 amide bonds. The lowest BCUT2D eigenvalue weighted by molar-refractivity contribution is 0.555. The Morgan fingerprint density at radius 1 is 0.800 bits per heavy atom. The minimum absolute atomic E-state index is 0.439. The third-order valence-corrected chi connectivity index (χ3v) is 25.4. The average molecular weight is 309 g/mol. The van der Waals surface area contributed by atoms with Crippen molar-refractivity contribution in [2.75, 3.05) is 0 Å². The molecule has 0 atom stereocenters. The first-order valence-electron chi connectivity index (χ1n) is 8.03. The van der Waals surface area contributed by atoms with Gasteiger partial charge in [0.05, 0.1) is 7.59 Å². The van der Waals surface area contributed by atoms with Crippen LogP contribution in [0.2, 0.25) is 21.2 Å². The lowest BCUT2D eigenvalue weighted by Crippen LogP contribution is -2.65. The molecule has 1 aliphatic heterocycles. The van der Waals surface area contributed by atoms with E-state index in [9.17, 15) is 0 Å². The standard InChI is InChI=1S/C18H36Si2/c1-14-12-19(13-15(14)2)20(16(3,4)5,17(6,7)8)18(9,10)11/h12H,13H2,1-11H3. The molecule has 0 spiro atoms. The Balaban J connectivity index is 3.64. The zero-order valence-electron chi connectivity index (χ0n) is 15.8. The molecular weight excluding hydrogens is 272 g/mol. The first kappa shape index (κ1) is 18.1. The quantitative estimate of drug-likeness (QED) is 0.510. The summed E-state index contributed by atoms with van der Waals surface area (Å²) < 4.78 is 0. The van der Waals surface area contributed by atoms with Gasteiger partial charge in [-0.3, -0.25) is 0 Å². The number of hydrogen-bond donors (Lipinski definition) is 0. The summed E-state index contributed by atoms with van der Waals surface area (Å²) in [5.74, 6) is 0. The van der Waals surface area contributed by atoms with Crippen LogP contribution in [0.4, 0.5) is 0 Å². The molecule has 0 saturated heterocycles. The summed E-state index contributed by atoms with van der Waals surface area (Å²) in [6, 6.07) is 1.40. The van der Waals surface area contributed by atoms with Crippen LogP contribution < -0.4 is 0 Å². The van der Waals surface area contributed by atoms with Gasteiger partial charge in [-0.15, -0.1) is 0 Å². The normalized spacial score (nSPS) is 18.6. The van der Waals surface area contributed by atoms with E-state index in [2.05, 4.69) is 81.8 Å². The molecule has 0 saturated carbocycles. The summed E-state index contributed by atoms with van der Waals surface area (Å²) in [4.78, 5) is 0. The Hall–Kier alpha value is 0.0438. The molecule has 1 heterocycles. The Morgan fingerprint density at radius 2 is 1.15 bits per heavy atom. The van der Waals surface area contributed by atoms with Gasteiger partial charge in [0.1, 0.15) is 0 Å². The third kappa shape index (κ3) is 2.58. The lowest BCUT2D eigenvalue weighted by Gasteiger charge is -2.60. The van der Waals surface area contributed by atoms with Crippen molar-refractivity contribution < 1.29 is 0 Å². The van der Waals surface area contributed by atoms with Gasteiger partial charge in [0.15, 0.2) is 0 Å². The summed E-state index contributed by atoms with van der Waals surface area (Å²) >= 11 is 0. The van der Waals surface area contributed by atoms with E-state index >= 15 is 0 Å². The number of allylic oxidation sites excluding steroid dienone is 2. The highest BCUT2D eigenvalue weighted by molar-refractivity contribution is 7.37. The van der Waals surface area contributed by atoms with Crippen LogP contribution in [0.5, 0.6) is 0 Å². The van der Waals surface area contributed by atoms with E-state index in [-0.39, 0.29) is 0 Å². The first-order valence-corrected chi connectivity index (χ1v) is 12.8. The predicted molar refractivity (Wildman–Crippen MR) is 99.9 cm³/mol. The van der Waals surface area contributed by atoms with Crippen molar-refractivity contribution in [3.05, 3.63) is 11.1 Å². The maximum Gasteiger partial charge on any atom is 0.0802 e. The van der Waals surface area contributed by atoms with E-state index in [1.54, 1.807) is 11.1 Å². The minimum atomic E-state index is -1.55. The second-order valence-corrected chi connectivity index (χ2v) is 21.7. The van der Waals surface area contributed by atoms with Gasteiger partial charge in [0.2, 0.25) is 0 Å². The second-order valence-electron chi connectivity index (χ2n) is 9.81. The summed E-state index contributed by atoms with van der Waals surface area (Å²) in [6.45, 7) is 27.5. The van der Waals surface area contributed by atoms with Crippen LogP contribution in [0, 0.1) is 0 Å². The summed E-state index contributed by atoms with van der Waals surface area (Å²) in [5, 5.41) is 1.33. The highest BCUT2D eigenvalue weighted by Gasteiger charge is 2.61. The van der Waals surface area contributed by atoms with E-state index in [4.69, 9.17) is 0 Å². The molecular formula is C18H36Si2. The molecule has 0 aromatic rings. The monoisotopic (exact) mass is 308 g/mol. The maximum absolute atomic E-state index is 2.73. The largest absolute Gasteiger partial charge is 0.0814 e. The third-order valence-electron chi connectivity index (χ3n) is 5.38. The topological polar surface area (TPSA) is 0 Å². The van der Waals surface area contributed by atoms with Gasteiger partial charge in [-0.1, -0.05) is 79.1 Å². The lowest BCUT2D eigenvalue weighted by atomic mass is 10.2. The fraction of sp³-hybridized carbons (Fsp3) is 0.833. The van der Waals surface area contributed by atoms with Crippen LogP contribution in [0.15, 0.2) is 11.1 Å². The molecule has 0 aromatic carbocycles. The molecule has 1 rings (SSSR count). The minimum Gasteiger partial charge on any atom is -0.0814 e. The zero-order chi connectivity index (χ0) is 16.1. The fourth-order valence-corrected chi connectivity index (χ4v) is 29.3. The van der Waals surface area contributed by atoms with Gasteiger partial charge in [0.25, 0.3) is 0 Å². The predicted octanol–water partition coefficient (Wildman–Crippen LogP) is 6.14. The molecule has 0 bridgehead atoms. The van der Waals surface area contributed by atoms with Crippen molar-refractivity contribution in [3.8, 4) is 0 Å². The van der Waals surface area contributed by atoms with Crippen molar-refractivity contribution in [2.24, 2.45) is 0 Å². The van der Waals surface area contributed by atoms with Gasteiger partial charge >= 0.3 is 0 Å². The van der Waals surface area contributed by atoms with Gasteiger partial charge in [0, 0.05) is 7.93 Å². The molecule has 0 unspecified atom stereocenters. The van der Waals surface area contributed by atoms with Crippen LogP contribution in [-0.2, 0) is 0 Å². The average Bonchev–Trinajstić information content (AvgIpc) is 2.38. The molecule has 0 aliphatic carbocycles. The van der Waals surface area contributed by atoms with E-state index in [0.29, 0.717) is 15.1 Å². The van der Waals surface area contributed by atoms with E-state index < -0.39 is 15.5 Å². The Labute approximate surface area is 130 Å². The van der Waals surface area contributed by atoms with Crippen molar-refractivity contribution in [1.29, 1.82) is 0 Å². The number of hydrogen-bond acceptors (Lipinski definition) is 0.